The van der Waals surface area contributed by atoms with Crippen molar-refractivity contribution < 1.29 is 4.79 Å². The van der Waals surface area contributed by atoms with Gasteiger partial charge in [-0.2, -0.15) is 0 Å². The number of allylic oxidation sites excluding steroid dienone is 1. The lowest BCUT2D eigenvalue weighted by atomic mass is 10.1. The van der Waals surface area contributed by atoms with Gasteiger partial charge in [-0.3, -0.25) is 4.79 Å². The van der Waals surface area contributed by atoms with E-state index in [0.29, 0.717) is 5.57 Å². The summed E-state index contributed by atoms with van der Waals surface area (Å²) in [6.45, 7) is 5.85. The predicted octanol–water partition coefficient (Wildman–Crippen LogP) is 4.18. The zero-order chi connectivity index (χ0) is 10.6. The summed E-state index contributed by atoms with van der Waals surface area (Å²) in [4.78, 5) is 10.1. The quantitative estimate of drug-likeness (QED) is 0.377. The molecule has 0 N–H and O–H groups in total. The van der Waals surface area contributed by atoms with Crippen molar-refractivity contribution in [2.24, 2.45) is 0 Å². The third kappa shape index (κ3) is 9.50. The van der Waals surface area contributed by atoms with E-state index in [-0.39, 0.29) is 0 Å². The van der Waals surface area contributed by atoms with E-state index >= 15 is 0 Å². The summed E-state index contributed by atoms with van der Waals surface area (Å²) in [5, 5.41) is 0. The Hall–Kier alpha value is -0.590. The number of rotatable bonds is 10. The molecule has 14 heavy (non-hydrogen) atoms. The molecule has 0 rings (SSSR count). The van der Waals surface area contributed by atoms with E-state index < -0.39 is 0 Å². The number of carbonyl (C=O) groups excluding carboxylic acids is 1. The minimum atomic E-state index is 0.621. The van der Waals surface area contributed by atoms with Gasteiger partial charge in [0.15, 0.2) is 0 Å². The largest absolute Gasteiger partial charge is 0.285 e. The Labute approximate surface area is 88.6 Å². The Kier molecular flexibility index (Phi) is 10.0. The maximum atomic E-state index is 10.1. The fourth-order valence-electron chi connectivity index (χ4n) is 1.52. The number of unbranched alkanes of at least 4 members (excludes halogenated alkanes) is 7. The molecule has 0 bridgehead atoms. The summed E-state index contributed by atoms with van der Waals surface area (Å²) >= 11 is 0. The minimum absolute atomic E-state index is 0.621. The minimum Gasteiger partial charge on any atom is -0.285 e. The highest BCUT2D eigenvalue weighted by Crippen LogP contribution is 2.10. The predicted molar refractivity (Wildman–Crippen MR) is 62.1 cm³/mol. The highest BCUT2D eigenvalue weighted by atomic mass is 16.1. The van der Waals surface area contributed by atoms with E-state index in [1.807, 2.05) is 6.29 Å². The molecule has 0 spiro atoms. The van der Waals surface area contributed by atoms with E-state index in [9.17, 15) is 4.79 Å². The van der Waals surface area contributed by atoms with Crippen LogP contribution in [0.25, 0.3) is 0 Å². The van der Waals surface area contributed by atoms with Gasteiger partial charge in [-0.25, -0.2) is 0 Å². The van der Waals surface area contributed by atoms with Crippen molar-refractivity contribution in [1.82, 2.24) is 0 Å². The van der Waals surface area contributed by atoms with Crippen LogP contribution in [0.15, 0.2) is 12.2 Å². The Morgan fingerprint density at radius 3 is 2.00 bits per heavy atom. The van der Waals surface area contributed by atoms with Gasteiger partial charge in [0, 0.05) is 0 Å². The molecule has 1 radical (unpaired) electrons. The molecule has 1 nitrogen and oxygen atoms in total. The van der Waals surface area contributed by atoms with Gasteiger partial charge >= 0.3 is 0 Å². The molecule has 0 aromatic heterocycles. The molecule has 0 aliphatic rings. The second kappa shape index (κ2) is 10.5. The van der Waals surface area contributed by atoms with Crippen LogP contribution in [0.2, 0.25) is 0 Å². The maximum Gasteiger partial charge on any atom is 0.228 e. The van der Waals surface area contributed by atoms with E-state index in [1.54, 1.807) is 0 Å². The van der Waals surface area contributed by atoms with Gasteiger partial charge in [0.05, 0.1) is 0 Å². The third-order valence-corrected chi connectivity index (χ3v) is 2.48. The summed E-state index contributed by atoms with van der Waals surface area (Å²) in [6.07, 6.45) is 13.1. The molecule has 1 heteroatoms. The molecule has 0 aromatic carbocycles. The Balaban J connectivity index is 2.99. The second-order valence-electron chi connectivity index (χ2n) is 3.93. The molecule has 0 aromatic rings. The Morgan fingerprint density at radius 2 is 1.50 bits per heavy atom. The van der Waals surface area contributed by atoms with Crippen molar-refractivity contribution >= 4 is 6.29 Å². The molecular formula is C13H23O. The van der Waals surface area contributed by atoms with Gasteiger partial charge in [-0.1, -0.05) is 58.4 Å². The first kappa shape index (κ1) is 13.4. The third-order valence-electron chi connectivity index (χ3n) is 2.48. The van der Waals surface area contributed by atoms with E-state index in [1.165, 1.54) is 44.9 Å². The SMILES string of the molecule is C=C([C]=O)CCCCCCCCCC. The summed E-state index contributed by atoms with van der Waals surface area (Å²) in [7, 11) is 0. The molecule has 0 aliphatic heterocycles. The zero-order valence-corrected chi connectivity index (χ0v) is 9.48. The smallest absolute Gasteiger partial charge is 0.228 e. The van der Waals surface area contributed by atoms with Crippen LogP contribution in [0.5, 0.6) is 0 Å². The van der Waals surface area contributed by atoms with Crippen molar-refractivity contribution in [2.45, 2.75) is 64.7 Å². The molecule has 0 heterocycles. The monoisotopic (exact) mass is 195 g/mol. The molecule has 0 atom stereocenters. The number of hydrogen-bond acceptors (Lipinski definition) is 1. The van der Waals surface area contributed by atoms with Crippen molar-refractivity contribution in [1.29, 1.82) is 0 Å². The lowest BCUT2D eigenvalue weighted by Gasteiger charge is -2.00. The average Bonchev–Trinajstić information content (AvgIpc) is 2.21. The zero-order valence-electron chi connectivity index (χ0n) is 9.48. The van der Waals surface area contributed by atoms with Crippen molar-refractivity contribution in [2.75, 3.05) is 0 Å². The van der Waals surface area contributed by atoms with Gasteiger partial charge in [-0.15, -0.1) is 0 Å². The van der Waals surface area contributed by atoms with Crippen molar-refractivity contribution in [3.63, 3.8) is 0 Å². The van der Waals surface area contributed by atoms with Gasteiger partial charge < -0.3 is 0 Å². The number of hydrogen-bond donors (Lipinski definition) is 0. The van der Waals surface area contributed by atoms with Crippen LogP contribution in [-0.2, 0) is 4.79 Å². The van der Waals surface area contributed by atoms with E-state index in [4.69, 9.17) is 0 Å². The Morgan fingerprint density at radius 1 is 1.00 bits per heavy atom. The normalized spacial score (nSPS) is 10.1. The summed E-state index contributed by atoms with van der Waals surface area (Å²) < 4.78 is 0. The van der Waals surface area contributed by atoms with Crippen LogP contribution in [0.4, 0.5) is 0 Å². The van der Waals surface area contributed by atoms with Gasteiger partial charge in [0.25, 0.3) is 0 Å². The first-order valence-corrected chi connectivity index (χ1v) is 5.87. The summed E-state index contributed by atoms with van der Waals surface area (Å²) in [5.74, 6) is 0. The van der Waals surface area contributed by atoms with Crippen LogP contribution in [0.3, 0.4) is 0 Å². The molecule has 0 amide bonds. The van der Waals surface area contributed by atoms with Crippen LogP contribution in [0.1, 0.15) is 64.7 Å². The van der Waals surface area contributed by atoms with E-state index in [0.717, 1.165) is 12.8 Å². The van der Waals surface area contributed by atoms with Crippen molar-refractivity contribution in [3.05, 3.63) is 12.2 Å². The fourth-order valence-corrected chi connectivity index (χ4v) is 1.52. The molecule has 0 unspecified atom stereocenters. The van der Waals surface area contributed by atoms with Crippen molar-refractivity contribution in [3.8, 4) is 0 Å². The maximum absolute atomic E-state index is 10.1. The molecule has 81 valence electrons. The van der Waals surface area contributed by atoms with Gasteiger partial charge in [0.1, 0.15) is 0 Å². The highest BCUT2D eigenvalue weighted by Gasteiger charge is 1.94. The standard InChI is InChI=1S/C13H23O/c1-3-4-5-6-7-8-9-10-11-13(2)12-14/h2-11H2,1H3. The van der Waals surface area contributed by atoms with E-state index in [2.05, 4.69) is 13.5 Å². The molecule has 0 fully saturated rings. The first-order chi connectivity index (χ1) is 6.81. The van der Waals surface area contributed by atoms with Crippen LogP contribution >= 0.6 is 0 Å². The lowest BCUT2D eigenvalue weighted by molar-refractivity contribution is 0.555. The second-order valence-corrected chi connectivity index (χ2v) is 3.93. The highest BCUT2D eigenvalue weighted by molar-refractivity contribution is 5.72. The van der Waals surface area contributed by atoms with Crippen LogP contribution in [-0.4, -0.2) is 6.29 Å². The topological polar surface area (TPSA) is 17.1 Å². The van der Waals surface area contributed by atoms with Gasteiger partial charge in [-0.05, 0) is 18.4 Å². The molecule has 0 saturated carbocycles. The molecule has 0 saturated heterocycles. The summed E-state index contributed by atoms with van der Waals surface area (Å²) in [5.41, 5.74) is 0.621. The fraction of sp³-hybridized carbons (Fsp3) is 0.769. The van der Waals surface area contributed by atoms with Crippen LogP contribution < -0.4 is 0 Å². The first-order valence-electron chi connectivity index (χ1n) is 5.87. The molecule has 0 aliphatic carbocycles. The lowest BCUT2D eigenvalue weighted by Crippen LogP contribution is -1.84. The summed E-state index contributed by atoms with van der Waals surface area (Å²) in [6, 6.07) is 0. The van der Waals surface area contributed by atoms with Gasteiger partial charge in [0.2, 0.25) is 6.29 Å². The Bertz CT molecular complexity index is 149. The average molecular weight is 195 g/mol. The molecular weight excluding hydrogens is 172 g/mol. The van der Waals surface area contributed by atoms with Crippen LogP contribution in [0, 0.1) is 0 Å².